The predicted octanol–water partition coefficient (Wildman–Crippen LogP) is 1.82. The lowest BCUT2D eigenvalue weighted by atomic mass is 9.71. The number of carbonyl (C=O) groups is 1. The lowest BCUT2D eigenvalue weighted by Crippen LogP contribution is -2.68. The highest BCUT2D eigenvalue weighted by Crippen LogP contribution is 2.70. The van der Waals surface area contributed by atoms with E-state index in [1.807, 2.05) is 0 Å². The average Bonchev–Trinajstić information content (AvgIpc) is 2.70. The molecular weight excluding hydrogens is 250 g/mol. The van der Waals surface area contributed by atoms with Gasteiger partial charge in [-0.25, -0.2) is 8.78 Å². The third-order valence-electron chi connectivity index (χ3n) is 5.96. The van der Waals surface area contributed by atoms with E-state index in [-0.39, 0.29) is 29.8 Å². The number of hydrogen-bond donors (Lipinski definition) is 2. The molecule has 0 bridgehead atoms. The standard InChI is InChI=1S/C14H20F2N2O/c15-14(16)7-13(14)5-9(6-13)18-11(19)10-12(8-17-10)3-1-2-4-12/h9-10,17H,1-8H2,(H,18,19)/t9?,10-,13?/m1/s1. The summed E-state index contributed by atoms with van der Waals surface area (Å²) in [5.41, 5.74) is -0.571. The summed E-state index contributed by atoms with van der Waals surface area (Å²) in [5.74, 6) is -2.42. The lowest BCUT2D eigenvalue weighted by molar-refractivity contribution is -0.133. The molecule has 0 aromatic carbocycles. The van der Waals surface area contributed by atoms with Gasteiger partial charge in [-0.2, -0.15) is 0 Å². The van der Waals surface area contributed by atoms with Crippen LogP contribution < -0.4 is 10.6 Å². The van der Waals surface area contributed by atoms with Crippen molar-refractivity contribution in [2.24, 2.45) is 10.8 Å². The van der Waals surface area contributed by atoms with Gasteiger partial charge in [0.2, 0.25) is 5.91 Å². The summed E-state index contributed by atoms with van der Waals surface area (Å²) < 4.78 is 26.2. The Morgan fingerprint density at radius 2 is 1.84 bits per heavy atom. The Kier molecular flexibility index (Phi) is 2.21. The zero-order valence-corrected chi connectivity index (χ0v) is 11.0. The second kappa shape index (κ2) is 3.48. The smallest absolute Gasteiger partial charge is 0.254 e. The van der Waals surface area contributed by atoms with Crippen molar-refractivity contribution >= 4 is 5.91 Å². The molecule has 4 fully saturated rings. The van der Waals surface area contributed by atoms with Gasteiger partial charge in [-0.1, -0.05) is 12.8 Å². The van der Waals surface area contributed by atoms with Crippen LogP contribution in [0.1, 0.15) is 44.9 Å². The quantitative estimate of drug-likeness (QED) is 0.803. The number of carbonyl (C=O) groups excluding carboxylic acids is 1. The molecule has 106 valence electrons. The Morgan fingerprint density at radius 3 is 2.32 bits per heavy atom. The van der Waals surface area contributed by atoms with Crippen LogP contribution in [0.15, 0.2) is 0 Å². The van der Waals surface area contributed by atoms with Crippen molar-refractivity contribution in [3.05, 3.63) is 0 Å². The number of halogens is 2. The van der Waals surface area contributed by atoms with Gasteiger partial charge in [-0.15, -0.1) is 0 Å². The summed E-state index contributed by atoms with van der Waals surface area (Å²) >= 11 is 0. The Bertz CT molecular complexity index is 425. The fourth-order valence-electron chi connectivity index (χ4n) is 4.50. The van der Waals surface area contributed by atoms with E-state index >= 15 is 0 Å². The van der Waals surface area contributed by atoms with Crippen LogP contribution in [-0.4, -0.2) is 30.5 Å². The monoisotopic (exact) mass is 270 g/mol. The topological polar surface area (TPSA) is 41.1 Å². The van der Waals surface area contributed by atoms with Crippen LogP contribution in [0, 0.1) is 10.8 Å². The van der Waals surface area contributed by atoms with Crippen LogP contribution >= 0.6 is 0 Å². The summed E-state index contributed by atoms with van der Waals surface area (Å²) in [4.78, 5) is 12.2. The molecule has 0 aromatic rings. The number of hydrogen-bond acceptors (Lipinski definition) is 2. The fourth-order valence-corrected chi connectivity index (χ4v) is 4.50. The molecule has 4 aliphatic rings. The molecule has 1 heterocycles. The first-order valence-corrected chi connectivity index (χ1v) is 7.38. The molecule has 4 rings (SSSR count). The first-order valence-electron chi connectivity index (χ1n) is 7.38. The Labute approximate surface area is 111 Å². The SMILES string of the molecule is O=C(NC1CC2(C1)CC2(F)F)[C@H]1NCC12CCCC2. The van der Waals surface area contributed by atoms with Gasteiger partial charge in [0, 0.05) is 29.8 Å². The van der Waals surface area contributed by atoms with Gasteiger partial charge in [0.05, 0.1) is 6.04 Å². The van der Waals surface area contributed by atoms with Gasteiger partial charge in [0.25, 0.3) is 5.92 Å². The number of nitrogens with one attached hydrogen (secondary N) is 2. The van der Waals surface area contributed by atoms with E-state index in [4.69, 9.17) is 0 Å². The molecule has 3 nitrogen and oxygen atoms in total. The number of amides is 1. The third-order valence-corrected chi connectivity index (χ3v) is 5.96. The molecule has 2 spiro atoms. The Balaban J connectivity index is 1.32. The molecule has 5 heteroatoms. The molecule has 1 saturated heterocycles. The van der Waals surface area contributed by atoms with Crippen molar-refractivity contribution in [2.45, 2.75) is 63.0 Å². The first kappa shape index (κ1) is 12.1. The molecule has 2 N–H and O–H groups in total. The van der Waals surface area contributed by atoms with E-state index in [0.29, 0.717) is 12.8 Å². The summed E-state index contributed by atoms with van der Waals surface area (Å²) in [7, 11) is 0. The molecule has 1 amide bonds. The fraction of sp³-hybridized carbons (Fsp3) is 0.929. The van der Waals surface area contributed by atoms with Gasteiger partial charge in [-0.05, 0) is 25.7 Å². The van der Waals surface area contributed by atoms with E-state index in [1.54, 1.807) is 0 Å². The van der Waals surface area contributed by atoms with Crippen molar-refractivity contribution in [3.8, 4) is 0 Å². The maximum atomic E-state index is 13.1. The van der Waals surface area contributed by atoms with Crippen LogP contribution in [0.3, 0.4) is 0 Å². The van der Waals surface area contributed by atoms with Gasteiger partial charge in [0.1, 0.15) is 0 Å². The van der Waals surface area contributed by atoms with Crippen LogP contribution in [-0.2, 0) is 4.79 Å². The molecule has 3 aliphatic carbocycles. The molecule has 1 aliphatic heterocycles. The Morgan fingerprint density at radius 1 is 1.21 bits per heavy atom. The second-order valence-electron chi connectivity index (χ2n) is 7.16. The summed E-state index contributed by atoms with van der Waals surface area (Å²) in [5, 5.41) is 6.19. The molecule has 19 heavy (non-hydrogen) atoms. The van der Waals surface area contributed by atoms with E-state index in [2.05, 4.69) is 10.6 Å². The van der Waals surface area contributed by atoms with Gasteiger partial charge in [-0.3, -0.25) is 4.79 Å². The summed E-state index contributed by atoms with van der Waals surface area (Å²) in [6.07, 6.45) is 5.64. The maximum absolute atomic E-state index is 13.1. The minimum Gasteiger partial charge on any atom is -0.352 e. The molecule has 0 unspecified atom stereocenters. The van der Waals surface area contributed by atoms with Crippen molar-refractivity contribution in [3.63, 3.8) is 0 Å². The highest BCUT2D eigenvalue weighted by atomic mass is 19.3. The Hall–Kier alpha value is -0.710. The predicted molar refractivity (Wildman–Crippen MR) is 65.9 cm³/mol. The molecule has 1 atom stereocenters. The van der Waals surface area contributed by atoms with Crippen molar-refractivity contribution < 1.29 is 13.6 Å². The number of rotatable bonds is 2. The van der Waals surface area contributed by atoms with Crippen LogP contribution in [0.4, 0.5) is 8.78 Å². The molecule has 0 radical (unpaired) electrons. The largest absolute Gasteiger partial charge is 0.352 e. The van der Waals surface area contributed by atoms with Crippen LogP contribution in [0.2, 0.25) is 0 Å². The minimum absolute atomic E-state index is 0.0258. The third kappa shape index (κ3) is 1.54. The second-order valence-corrected chi connectivity index (χ2v) is 7.16. The number of alkyl halides is 2. The highest BCUT2D eigenvalue weighted by Gasteiger charge is 2.75. The van der Waals surface area contributed by atoms with Crippen molar-refractivity contribution in [2.75, 3.05) is 6.54 Å². The van der Waals surface area contributed by atoms with Gasteiger partial charge >= 0.3 is 0 Å². The highest BCUT2D eigenvalue weighted by molar-refractivity contribution is 5.84. The summed E-state index contributed by atoms with van der Waals surface area (Å²) in [6, 6.07) is -0.104. The molecule has 0 aromatic heterocycles. The van der Waals surface area contributed by atoms with E-state index < -0.39 is 11.3 Å². The summed E-state index contributed by atoms with van der Waals surface area (Å²) in [6.45, 7) is 0.942. The van der Waals surface area contributed by atoms with Crippen LogP contribution in [0.5, 0.6) is 0 Å². The van der Waals surface area contributed by atoms with Gasteiger partial charge < -0.3 is 10.6 Å². The average molecular weight is 270 g/mol. The van der Waals surface area contributed by atoms with E-state index in [0.717, 1.165) is 19.4 Å². The van der Waals surface area contributed by atoms with Crippen molar-refractivity contribution in [1.82, 2.24) is 10.6 Å². The van der Waals surface area contributed by atoms with Gasteiger partial charge in [0.15, 0.2) is 0 Å². The lowest BCUT2D eigenvalue weighted by Gasteiger charge is -2.48. The maximum Gasteiger partial charge on any atom is 0.254 e. The van der Waals surface area contributed by atoms with E-state index in [1.165, 1.54) is 12.8 Å². The normalized spacial score (nSPS) is 44.7. The molecule has 3 saturated carbocycles. The zero-order valence-electron chi connectivity index (χ0n) is 11.0. The molecular formula is C14H20F2N2O. The van der Waals surface area contributed by atoms with Crippen molar-refractivity contribution in [1.29, 1.82) is 0 Å². The first-order chi connectivity index (χ1) is 8.97. The van der Waals surface area contributed by atoms with E-state index in [9.17, 15) is 13.6 Å². The zero-order chi connectivity index (χ0) is 13.3. The van der Waals surface area contributed by atoms with Crippen LogP contribution in [0.25, 0.3) is 0 Å². The minimum atomic E-state index is -2.46.